The summed E-state index contributed by atoms with van der Waals surface area (Å²) in [4.78, 5) is 41.4. The summed E-state index contributed by atoms with van der Waals surface area (Å²) in [6, 6.07) is 8.70. The van der Waals surface area contributed by atoms with Crippen molar-refractivity contribution in [3.63, 3.8) is 0 Å². The minimum Gasteiger partial charge on any atom is -0.481 e. The topological polar surface area (TPSA) is 99.3 Å². The summed E-state index contributed by atoms with van der Waals surface area (Å²) in [5.74, 6) is -2.03. The maximum absolute atomic E-state index is 13.4. The second-order valence-corrected chi connectivity index (χ2v) is 9.99. The summed E-state index contributed by atoms with van der Waals surface area (Å²) >= 11 is 0. The van der Waals surface area contributed by atoms with E-state index in [1.807, 2.05) is 38.1 Å². The average molecular weight is 411 g/mol. The number of hydrogen-bond donors (Lipinski definition) is 3. The molecule has 30 heavy (non-hydrogen) atoms. The molecule has 0 bridgehead atoms. The number of aromatic nitrogens is 1. The van der Waals surface area contributed by atoms with Crippen LogP contribution in [0.5, 0.6) is 0 Å². The summed E-state index contributed by atoms with van der Waals surface area (Å²) < 4.78 is 0. The summed E-state index contributed by atoms with van der Waals surface area (Å²) in [5.41, 5.74) is 1.25. The molecule has 1 aromatic carbocycles. The van der Waals surface area contributed by atoms with E-state index in [2.05, 4.69) is 24.1 Å². The van der Waals surface area contributed by atoms with Crippen molar-refractivity contribution in [2.45, 2.75) is 46.6 Å². The van der Waals surface area contributed by atoms with Crippen molar-refractivity contribution >= 4 is 28.6 Å². The summed E-state index contributed by atoms with van der Waals surface area (Å²) in [7, 11) is 0. The monoisotopic (exact) mass is 410 g/mol. The lowest BCUT2D eigenvalue weighted by molar-refractivity contribution is -0.147. The van der Waals surface area contributed by atoms with E-state index < -0.39 is 23.8 Å². The Morgan fingerprint density at radius 3 is 2.57 bits per heavy atom. The normalized spacial score (nSPS) is 27.6. The van der Waals surface area contributed by atoms with Gasteiger partial charge in [0.25, 0.3) is 5.91 Å². The fourth-order valence-electron chi connectivity index (χ4n) is 5.65. The molecule has 2 aromatic rings. The quantitative estimate of drug-likeness (QED) is 0.645. The van der Waals surface area contributed by atoms with Gasteiger partial charge < -0.3 is 15.4 Å². The first kappa shape index (κ1) is 20.6. The number of hydrogen-bond acceptors (Lipinski definition) is 3. The predicted molar refractivity (Wildman–Crippen MR) is 114 cm³/mol. The molecule has 2 aliphatic carbocycles. The predicted octanol–water partition coefficient (Wildman–Crippen LogP) is 3.87. The summed E-state index contributed by atoms with van der Waals surface area (Å²) in [6.07, 6.45) is 1.09. The molecule has 1 amide bonds. The highest BCUT2D eigenvalue weighted by molar-refractivity contribution is 6.01. The van der Waals surface area contributed by atoms with Gasteiger partial charge in [0.1, 0.15) is 5.69 Å². The Kier molecular flexibility index (Phi) is 4.99. The lowest BCUT2D eigenvalue weighted by atomic mass is 9.78. The lowest BCUT2D eigenvalue weighted by Gasteiger charge is -2.27. The molecule has 1 unspecified atom stereocenters. The Morgan fingerprint density at radius 1 is 1.23 bits per heavy atom. The van der Waals surface area contributed by atoms with Gasteiger partial charge in [0, 0.05) is 16.8 Å². The number of benzene rings is 1. The fraction of sp³-hybridized carbons (Fsp3) is 0.542. The fourth-order valence-corrected chi connectivity index (χ4v) is 5.65. The number of carboxylic acid groups (broad SMARTS) is 1. The van der Waals surface area contributed by atoms with E-state index in [4.69, 9.17) is 0 Å². The number of carboxylic acids is 1. The van der Waals surface area contributed by atoms with E-state index in [-0.39, 0.29) is 34.9 Å². The molecule has 2 fully saturated rings. The molecule has 6 heteroatoms. The Morgan fingerprint density at radius 2 is 1.93 bits per heavy atom. The van der Waals surface area contributed by atoms with E-state index in [0.29, 0.717) is 18.5 Å². The SMILES string of the molecule is CC(C)C[C@H](NC(=O)c1cc2ccccc2[nH]1)C(=O)C1C[C@H]2[C@@H]([C@H]1C(=O)O)C2(C)C. The number of amides is 1. The largest absolute Gasteiger partial charge is 0.481 e. The number of fused-ring (bicyclic) bond motifs is 2. The van der Waals surface area contributed by atoms with Gasteiger partial charge in [-0.15, -0.1) is 0 Å². The molecule has 1 aromatic heterocycles. The number of para-hydroxylation sites is 1. The zero-order valence-electron chi connectivity index (χ0n) is 17.9. The van der Waals surface area contributed by atoms with Crippen LogP contribution in [0.25, 0.3) is 10.9 Å². The van der Waals surface area contributed by atoms with E-state index >= 15 is 0 Å². The highest BCUT2D eigenvalue weighted by atomic mass is 16.4. The van der Waals surface area contributed by atoms with Gasteiger partial charge >= 0.3 is 5.97 Å². The number of ketones is 1. The molecule has 0 saturated heterocycles. The first-order valence-corrected chi connectivity index (χ1v) is 10.8. The Balaban J connectivity index is 1.54. The van der Waals surface area contributed by atoms with E-state index in [1.54, 1.807) is 6.07 Å². The van der Waals surface area contributed by atoms with Crippen molar-refractivity contribution in [2.75, 3.05) is 0 Å². The number of carbonyl (C=O) groups is 3. The van der Waals surface area contributed by atoms with E-state index in [1.165, 1.54) is 0 Å². The second-order valence-electron chi connectivity index (χ2n) is 9.99. The molecule has 4 rings (SSSR count). The first-order chi connectivity index (χ1) is 14.1. The zero-order valence-corrected chi connectivity index (χ0v) is 17.9. The molecular weight excluding hydrogens is 380 g/mol. The zero-order chi connectivity index (χ0) is 21.8. The minimum absolute atomic E-state index is 0.0129. The van der Waals surface area contributed by atoms with Gasteiger partial charge in [-0.25, -0.2) is 0 Å². The van der Waals surface area contributed by atoms with Gasteiger partial charge in [0.2, 0.25) is 0 Å². The van der Waals surface area contributed by atoms with E-state index in [9.17, 15) is 19.5 Å². The molecule has 0 spiro atoms. The van der Waals surface area contributed by atoms with E-state index in [0.717, 1.165) is 10.9 Å². The van der Waals surface area contributed by atoms with Crippen LogP contribution in [0.1, 0.15) is 51.0 Å². The van der Waals surface area contributed by atoms with Crippen LogP contribution in [0.15, 0.2) is 30.3 Å². The molecule has 160 valence electrons. The van der Waals surface area contributed by atoms with Crippen LogP contribution in [-0.4, -0.2) is 33.8 Å². The number of rotatable bonds is 7. The van der Waals surface area contributed by atoms with Crippen LogP contribution >= 0.6 is 0 Å². The van der Waals surface area contributed by atoms with Crippen molar-refractivity contribution in [3.05, 3.63) is 36.0 Å². The van der Waals surface area contributed by atoms with Crippen LogP contribution in [0.3, 0.4) is 0 Å². The lowest BCUT2D eigenvalue weighted by Crippen LogP contribution is -2.47. The Bertz CT molecular complexity index is 973. The standard InChI is InChI=1S/C24H30N2O4/c1-12(2)9-17(26-22(28)18-10-13-7-5-6-8-16(13)25-18)21(27)14-11-15-20(24(15,3)4)19(14)23(29)30/h5-8,10,12,14-15,17,19-20,25H,9,11H2,1-4H3,(H,26,28)(H,29,30)/t14?,15-,17-,19-,20-/m0/s1. The highest BCUT2D eigenvalue weighted by Crippen LogP contribution is 2.70. The number of aliphatic carboxylic acids is 1. The molecule has 2 aliphatic rings. The van der Waals surface area contributed by atoms with Gasteiger partial charge in [0.05, 0.1) is 12.0 Å². The van der Waals surface area contributed by atoms with Crippen LogP contribution in [0.2, 0.25) is 0 Å². The third-order valence-corrected chi connectivity index (χ3v) is 7.25. The van der Waals surface area contributed by atoms with Gasteiger partial charge in [-0.1, -0.05) is 45.9 Å². The van der Waals surface area contributed by atoms with Crippen LogP contribution in [-0.2, 0) is 9.59 Å². The molecular formula is C24H30N2O4. The van der Waals surface area contributed by atoms with Gasteiger partial charge in [-0.05, 0) is 48.1 Å². The molecule has 0 radical (unpaired) electrons. The first-order valence-electron chi connectivity index (χ1n) is 10.8. The maximum atomic E-state index is 13.4. The van der Waals surface area contributed by atoms with Crippen molar-refractivity contribution in [1.82, 2.24) is 10.3 Å². The third kappa shape index (κ3) is 3.42. The molecule has 6 nitrogen and oxygen atoms in total. The third-order valence-electron chi connectivity index (χ3n) is 7.25. The number of carbonyl (C=O) groups excluding carboxylic acids is 2. The summed E-state index contributed by atoms with van der Waals surface area (Å²) in [6.45, 7) is 8.17. The van der Waals surface area contributed by atoms with Crippen LogP contribution < -0.4 is 5.32 Å². The molecule has 0 aliphatic heterocycles. The van der Waals surface area contributed by atoms with Crippen molar-refractivity contribution in [1.29, 1.82) is 0 Å². The second kappa shape index (κ2) is 7.25. The Labute approximate surface area is 176 Å². The maximum Gasteiger partial charge on any atom is 0.307 e. The number of aromatic amines is 1. The minimum atomic E-state index is -0.892. The van der Waals surface area contributed by atoms with Crippen molar-refractivity contribution in [3.8, 4) is 0 Å². The van der Waals surface area contributed by atoms with Crippen molar-refractivity contribution in [2.24, 2.45) is 35.0 Å². The average Bonchev–Trinajstić information content (AvgIpc) is 3.08. The van der Waals surface area contributed by atoms with Gasteiger partial charge in [-0.2, -0.15) is 0 Å². The van der Waals surface area contributed by atoms with Gasteiger partial charge in [-0.3, -0.25) is 14.4 Å². The van der Waals surface area contributed by atoms with Gasteiger partial charge in [0.15, 0.2) is 5.78 Å². The Hall–Kier alpha value is -2.63. The van der Waals surface area contributed by atoms with Crippen LogP contribution in [0.4, 0.5) is 0 Å². The molecule has 5 atom stereocenters. The number of nitrogens with one attached hydrogen (secondary N) is 2. The molecule has 1 heterocycles. The highest BCUT2D eigenvalue weighted by Gasteiger charge is 2.70. The molecule has 2 saturated carbocycles. The van der Waals surface area contributed by atoms with Crippen molar-refractivity contribution < 1.29 is 19.5 Å². The molecule has 3 N–H and O–H groups in total. The smallest absolute Gasteiger partial charge is 0.307 e. The van der Waals surface area contributed by atoms with Crippen LogP contribution in [0, 0.1) is 35.0 Å². The number of Topliss-reactive ketones (excluding diaryl/α,β-unsaturated/α-hetero) is 1. The number of H-pyrrole nitrogens is 1. The summed E-state index contributed by atoms with van der Waals surface area (Å²) in [5, 5.41) is 13.7.